The number of halogens is 1. The Kier molecular flexibility index (Phi) is 40.4. The second kappa shape index (κ2) is 46.1. The number of aliphatic hydroxyl groups is 2. The quantitative estimate of drug-likeness (QED) is 0.0163. The molecule has 111 heavy (non-hydrogen) atoms. The predicted octanol–water partition coefficient (Wildman–Crippen LogP) is 10.1. The molecule has 0 saturated carbocycles. The lowest BCUT2D eigenvalue weighted by molar-refractivity contribution is -0.120. The Morgan fingerprint density at radius 2 is 1.28 bits per heavy atom. The number of ether oxygens (including phenoxy) is 7. The van der Waals surface area contributed by atoms with E-state index in [4.69, 9.17) is 62.0 Å². The van der Waals surface area contributed by atoms with Crippen LogP contribution in [-0.2, 0) is 60.6 Å². The number of nitrogens with zero attached hydrogens (tertiary/aromatic N) is 6. The molecule has 1 aromatic carbocycles. The van der Waals surface area contributed by atoms with Gasteiger partial charge in [-0.15, -0.1) is 6.58 Å². The van der Waals surface area contributed by atoms with Crippen LogP contribution in [0, 0.1) is 37.5 Å². The van der Waals surface area contributed by atoms with E-state index < -0.39 is 96.2 Å². The number of phenols is 2. The number of aromatic nitrogens is 5. The fraction of sp³-hybridized carbons (Fsp3) is 0.500. The van der Waals surface area contributed by atoms with E-state index >= 15 is 0 Å². The predicted molar refractivity (Wildman–Crippen MR) is 433 cm³/mol. The van der Waals surface area contributed by atoms with Crippen LogP contribution in [0.4, 0.5) is 26.9 Å². The van der Waals surface area contributed by atoms with E-state index in [9.17, 15) is 49.2 Å². The average molecular weight is 1570 g/mol. The summed E-state index contributed by atoms with van der Waals surface area (Å²) >= 11 is 6.04. The molecule has 2 aliphatic heterocycles. The second-order valence-electron chi connectivity index (χ2n) is 27.3. The van der Waals surface area contributed by atoms with Crippen molar-refractivity contribution in [1.29, 1.82) is 0 Å². The zero-order valence-corrected chi connectivity index (χ0v) is 65.4. The average Bonchev–Trinajstić information content (AvgIpc) is 1.48. The number of carbonyl (C=O) groups excluding carboxylic acids is 6. The number of hydrogen-bond donors (Lipinski definition) is 11. The summed E-state index contributed by atoms with van der Waals surface area (Å²) in [6, 6.07) is 1.28. The number of nitrogen functional groups attached to an aromatic ring is 1. The van der Waals surface area contributed by atoms with Gasteiger partial charge in [-0.1, -0.05) is 116 Å². The van der Waals surface area contributed by atoms with Crippen molar-refractivity contribution in [2.24, 2.45) is 35.1 Å². The minimum Gasteiger partial charge on any atom is -0.506 e. The van der Waals surface area contributed by atoms with Crippen LogP contribution in [0.3, 0.4) is 0 Å². The Morgan fingerprint density at radius 3 is 1.77 bits per heavy atom. The number of allylic oxidation sites excluding steroid dienone is 6. The highest BCUT2D eigenvalue weighted by atomic mass is 35.5. The number of fused-ring (bicyclic) bond motifs is 5. The number of aromatic hydroxyl groups is 2. The van der Waals surface area contributed by atoms with Gasteiger partial charge in [0.25, 0.3) is 11.8 Å². The van der Waals surface area contributed by atoms with Crippen molar-refractivity contribution >= 4 is 75.7 Å². The first kappa shape index (κ1) is 97.3. The van der Waals surface area contributed by atoms with Gasteiger partial charge in [-0.25, -0.2) is 14.6 Å². The summed E-state index contributed by atoms with van der Waals surface area (Å²) in [4.78, 5) is 95.2. The van der Waals surface area contributed by atoms with Gasteiger partial charge in [-0.05, 0) is 104 Å². The molecule has 30 nitrogen and oxygen atoms in total. The van der Waals surface area contributed by atoms with Crippen molar-refractivity contribution in [1.82, 2.24) is 40.0 Å². The number of anilines is 3. The van der Waals surface area contributed by atoms with E-state index in [0.29, 0.717) is 84.6 Å². The number of hydrogen-bond acceptors (Lipinski definition) is 25. The molecular formula is C80H120ClN13O17. The number of likely N-dealkylation sites (N-methyl/N-ethyl adjacent to an activating group) is 1. The monoisotopic (exact) mass is 1570 g/mol. The van der Waals surface area contributed by atoms with Crippen molar-refractivity contribution in [3.8, 4) is 17.2 Å². The summed E-state index contributed by atoms with van der Waals surface area (Å²) < 4.78 is 40.5. The van der Waals surface area contributed by atoms with E-state index in [-0.39, 0.29) is 91.4 Å². The number of nitrogens with two attached hydrogens (primary N) is 3. The van der Waals surface area contributed by atoms with E-state index in [1.807, 2.05) is 65.1 Å². The first-order valence-corrected chi connectivity index (χ1v) is 35.5. The maximum absolute atomic E-state index is 13.7. The smallest absolute Gasteiger partial charge is 0.405 e. The molecule has 3 aromatic heterocycles. The van der Waals surface area contributed by atoms with Crippen LogP contribution in [0.1, 0.15) is 119 Å². The number of imidazole rings is 1. The topological polar surface area (TPSA) is 434 Å². The molecular weight excluding hydrogens is 1450 g/mol. The van der Waals surface area contributed by atoms with Crippen molar-refractivity contribution in [2.45, 2.75) is 173 Å². The third kappa shape index (κ3) is 27.3. The number of ketones is 2. The van der Waals surface area contributed by atoms with Crippen LogP contribution in [-0.4, -0.2) is 204 Å². The second-order valence-corrected chi connectivity index (χ2v) is 27.6. The number of primary amides is 2. The van der Waals surface area contributed by atoms with Gasteiger partial charge in [0.05, 0.1) is 72.9 Å². The molecule has 31 heteroatoms. The van der Waals surface area contributed by atoms with Gasteiger partial charge in [-0.2, -0.15) is 9.97 Å². The number of carbonyl (C=O) groups is 6. The first-order valence-electron chi connectivity index (χ1n) is 35.1. The number of nitrogens with one attached hydrogen (secondary N) is 4. The van der Waals surface area contributed by atoms with Crippen molar-refractivity contribution in [2.75, 3.05) is 85.6 Å². The molecule has 0 saturated heterocycles. The van der Waals surface area contributed by atoms with Gasteiger partial charge in [-0.3, -0.25) is 24.2 Å². The number of benzene rings is 1. The van der Waals surface area contributed by atoms with Crippen LogP contribution < -0.4 is 43.2 Å². The van der Waals surface area contributed by atoms with Crippen LogP contribution >= 0.6 is 11.6 Å². The molecule has 12 atom stereocenters. The maximum atomic E-state index is 13.7. The lowest BCUT2D eigenvalue weighted by atomic mass is 9.85. The molecule has 5 heterocycles. The maximum Gasteiger partial charge on any atom is 0.405 e. The minimum atomic E-state index is -0.997. The molecule has 614 valence electrons. The van der Waals surface area contributed by atoms with Crippen LogP contribution in [0.15, 0.2) is 125 Å². The Hall–Kier alpha value is -9.79. The third-order valence-electron chi connectivity index (χ3n) is 18.4. The molecule has 3 aliphatic rings. The van der Waals surface area contributed by atoms with E-state index in [2.05, 4.69) is 47.8 Å². The summed E-state index contributed by atoms with van der Waals surface area (Å²) in [7, 11) is 11.3. The zero-order chi connectivity index (χ0) is 80.5. The summed E-state index contributed by atoms with van der Waals surface area (Å²) in [5.74, 6) is -2.52. The van der Waals surface area contributed by atoms with Gasteiger partial charge >= 0.3 is 12.2 Å². The number of Topliss-reactive ketones (excluding diaryl/α,β-unsaturated/α-hetero) is 1. The molecule has 0 radical (unpaired) electrons. The van der Waals surface area contributed by atoms with Gasteiger partial charge in [0.15, 0.2) is 23.0 Å². The fourth-order valence-electron chi connectivity index (χ4n) is 12.6. The number of phenolic OH excluding ortho intramolecular Hbond substituents is 2. The molecule has 0 unspecified atom stereocenters. The molecule has 4 bridgehead atoms. The number of rotatable bonds is 16. The number of pyridine rings is 1. The summed E-state index contributed by atoms with van der Waals surface area (Å²) in [6.07, 6.45) is 12.0. The van der Waals surface area contributed by atoms with Gasteiger partial charge in [0.1, 0.15) is 35.0 Å². The Labute approximate surface area is 658 Å². The zero-order valence-electron chi connectivity index (χ0n) is 64.7. The molecule has 4 aromatic rings. The highest BCUT2D eigenvalue weighted by molar-refractivity contribution is 6.33. The third-order valence-corrected chi connectivity index (χ3v) is 18.7. The normalized spacial score (nSPS) is 25.5. The first-order chi connectivity index (χ1) is 51.0. The van der Waals surface area contributed by atoms with Gasteiger partial charge < -0.3 is 102 Å². The molecule has 0 spiro atoms. The number of amides is 4. The van der Waals surface area contributed by atoms with E-state index in [1.165, 1.54) is 46.7 Å². The van der Waals surface area contributed by atoms with Gasteiger partial charge in [0.2, 0.25) is 17.5 Å². The fourth-order valence-corrected chi connectivity index (χ4v) is 12.8. The molecule has 1 aliphatic carbocycles. The SMILES string of the molecule is C.C.C.C=CCNc1c(O)cc2c(O)c1C[C@@H](C)C[C@H](OC)[C@H](O)[C@@H](C)/C=C(\C)[C@H](OC(N)=O)[C@@H](OC)/C=C\C=C(/C)C(=O)N2.CO[C@H]1/C=C\C=C(/C)C(=O)NC2=CC(=O)C(NCCN(C)C)=C(C[C@@H](C)C[C@H](OC)[C@H](O)[C@@H](C)/C=C(\C)[C@@H]1OC(N)=O)C2=O.COc1c(C)cnc(Cn2cnc3c(Cl)nc(N)nc32)c1C. The summed E-state index contributed by atoms with van der Waals surface area (Å²) in [5.41, 5.74) is 23.2. The molecule has 0 fully saturated rings. The standard InChI is InChI=1S/C32H48N4O8.C31H45N3O8.C14H15ClN6O.3CH4/c1-18-14-22-27(34-12-13-36(5)6)24(37)17-23(29(22)39)35-31(40)19(2)10-9-11-25(42-7)30(44-32(33)41)21(4)16-20(3)28(38)26(15-18)43-8;1-8-12-33-26-21-13-17(2)14-25(41-7)27(36)19(4)15-20(5)29(42-31(32)39)24(40-6)11-9-10-18(3)30(38)34-22(28(21)37)16-23(26)35;1-7-4-17-9(8(2)11(7)22-3)5-21-6-18-10-12(15)19-14(16)20-13(10)21;;;/h9-11,16-18,20,25-26,28,30,34,38H,12-15H2,1-8H3,(H2,33,41)(H,35,40);8-11,15-17,19,24-25,27,29,33,35-37H,1,12-14H2,2-7H3,(H2,32,39)(H,34,38);4,6H,5H2,1-3H3,(H2,16,19,20);3*1H4/b11-9-,19-10+,21-16+;11-9-,18-10+,20-15+;;;;/t18-,20+,25+,26+,28-,30+;17-,19+,24+,25+,27-,29+;;;;/m11..../s1. The van der Waals surface area contributed by atoms with Crippen LogP contribution in [0.5, 0.6) is 17.2 Å². The minimum absolute atomic E-state index is 0. The highest BCUT2D eigenvalue weighted by Crippen LogP contribution is 2.43. The van der Waals surface area contributed by atoms with Crippen molar-refractivity contribution in [3.63, 3.8) is 0 Å². The van der Waals surface area contributed by atoms with Crippen molar-refractivity contribution < 1.29 is 82.4 Å². The van der Waals surface area contributed by atoms with Gasteiger partial charge in [0, 0.05) is 112 Å². The number of methoxy groups -OCH3 is 5. The van der Waals surface area contributed by atoms with Crippen LogP contribution in [0.2, 0.25) is 5.15 Å². The molecule has 4 amide bonds. The molecule has 14 N–H and O–H groups in total. The van der Waals surface area contributed by atoms with E-state index in [0.717, 1.165) is 28.6 Å². The summed E-state index contributed by atoms with van der Waals surface area (Å²) in [6.45, 7) is 23.6. The lowest BCUT2D eigenvalue weighted by Crippen LogP contribution is -2.38. The lowest BCUT2D eigenvalue weighted by Gasteiger charge is -2.30. The van der Waals surface area contributed by atoms with Crippen molar-refractivity contribution in [3.05, 3.63) is 153 Å². The van der Waals surface area contributed by atoms with E-state index in [1.54, 1.807) is 89.9 Å². The Bertz CT molecular complexity index is 4120. The number of aryl methyl sites for hydroxylation is 1. The Morgan fingerprint density at radius 1 is 0.757 bits per heavy atom. The highest BCUT2D eigenvalue weighted by Gasteiger charge is 2.35. The summed E-state index contributed by atoms with van der Waals surface area (Å²) in [5, 5.41) is 56.3. The largest absolute Gasteiger partial charge is 0.506 e. The molecule has 7 rings (SSSR count). The number of aliphatic hydroxyl groups excluding tert-OH is 2. The Balaban J connectivity index is 0.000000584. The van der Waals surface area contributed by atoms with Crippen LogP contribution in [0.25, 0.3) is 11.2 Å².